The third-order valence-electron chi connectivity index (χ3n) is 2.84. The normalized spacial score (nSPS) is 10.6. The van der Waals surface area contributed by atoms with E-state index in [0.29, 0.717) is 11.6 Å². The van der Waals surface area contributed by atoms with Crippen molar-refractivity contribution in [3.05, 3.63) is 29.3 Å². The van der Waals surface area contributed by atoms with Gasteiger partial charge in [0, 0.05) is 24.5 Å². The monoisotopic (exact) mass is 283 g/mol. The van der Waals surface area contributed by atoms with Crippen LogP contribution in [0.2, 0.25) is 5.02 Å². The first kappa shape index (κ1) is 15.8. The Bertz CT molecular complexity index is 390. The van der Waals surface area contributed by atoms with Crippen LogP contribution in [0.4, 0.5) is 0 Å². The van der Waals surface area contributed by atoms with Gasteiger partial charge in [0.05, 0.1) is 6.61 Å². The lowest BCUT2D eigenvalue weighted by Crippen LogP contribution is -2.31. The summed E-state index contributed by atoms with van der Waals surface area (Å²) in [4.78, 5) is 13.4. The van der Waals surface area contributed by atoms with Gasteiger partial charge in [-0.05, 0) is 37.1 Å². The van der Waals surface area contributed by atoms with E-state index in [1.807, 2.05) is 45.2 Å². The average Bonchev–Trinajstić information content (AvgIpc) is 2.39. The lowest BCUT2D eigenvalue weighted by atomic mass is 10.2. The smallest absolute Gasteiger partial charge is 0.224 e. The lowest BCUT2D eigenvalue weighted by molar-refractivity contribution is -0.133. The van der Waals surface area contributed by atoms with Crippen LogP contribution < -0.4 is 4.74 Å². The van der Waals surface area contributed by atoms with Crippen LogP contribution in [0.1, 0.15) is 26.7 Å². The first-order valence-electron chi connectivity index (χ1n) is 6.64. The van der Waals surface area contributed by atoms with Crippen molar-refractivity contribution in [1.82, 2.24) is 4.90 Å². The number of benzene rings is 1. The van der Waals surface area contributed by atoms with Crippen LogP contribution in [0.15, 0.2) is 24.3 Å². The van der Waals surface area contributed by atoms with Crippen LogP contribution in [-0.2, 0) is 4.79 Å². The Kier molecular flexibility index (Phi) is 6.71. The van der Waals surface area contributed by atoms with Gasteiger partial charge in [0.15, 0.2) is 0 Å². The second-order valence-electron chi connectivity index (χ2n) is 4.92. The summed E-state index contributed by atoms with van der Waals surface area (Å²) in [5, 5.41) is 0.709. The van der Waals surface area contributed by atoms with Gasteiger partial charge in [-0.15, -0.1) is 0 Å². The number of nitrogens with zero attached hydrogens (tertiary/aromatic N) is 1. The minimum absolute atomic E-state index is 0.0651. The zero-order chi connectivity index (χ0) is 14.3. The Hall–Kier alpha value is -1.22. The molecule has 0 aliphatic rings. The SMILES string of the molecule is CC(C)C(=O)N(C)CCCCOc1ccc(Cl)cc1. The number of halogens is 1. The molecule has 1 aromatic carbocycles. The fourth-order valence-corrected chi connectivity index (χ4v) is 1.85. The van der Waals surface area contributed by atoms with Crippen molar-refractivity contribution in [2.24, 2.45) is 5.92 Å². The molecule has 19 heavy (non-hydrogen) atoms. The Labute approximate surface area is 120 Å². The predicted molar refractivity (Wildman–Crippen MR) is 78.7 cm³/mol. The summed E-state index contributed by atoms with van der Waals surface area (Å²) in [6.45, 7) is 5.28. The molecular weight excluding hydrogens is 262 g/mol. The highest BCUT2D eigenvalue weighted by Crippen LogP contribution is 2.15. The number of ether oxygens (including phenoxy) is 1. The maximum atomic E-state index is 11.6. The van der Waals surface area contributed by atoms with E-state index in [2.05, 4.69) is 0 Å². The number of hydrogen-bond acceptors (Lipinski definition) is 2. The molecule has 0 radical (unpaired) electrons. The molecule has 4 heteroatoms. The number of unbranched alkanes of at least 4 members (excludes halogenated alkanes) is 1. The molecule has 0 aliphatic carbocycles. The molecule has 0 aromatic heterocycles. The minimum atomic E-state index is 0.0651. The topological polar surface area (TPSA) is 29.5 Å². The lowest BCUT2D eigenvalue weighted by Gasteiger charge is -2.19. The Morgan fingerprint density at radius 3 is 2.47 bits per heavy atom. The number of hydrogen-bond donors (Lipinski definition) is 0. The molecule has 0 heterocycles. The van der Waals surface area contributed by atoms with Crippen LogP contribution >= 0.6 is 11.6 Å². The van der Waals surface area contributed by atoms with E-state index in [1.54, 1.807) is 4.90 Å². The van der Waals surface area contributed by atoms with Crippen molar-refractivity contribution in [2.75, 3.05) is 20.2 Å². The molecule has 1 rings (SSSR count). The van der Waals surface area contributed by atoms with E-state index in [-0.39, 0.29) is 11.8 Å². The first-order valence-corrected chi connectivity index (χ1v) is 7.02. The average molecular weight is 284 g/mol. The second-order valence-corrected chi connectivity index (χ2v) is 5.36. The van der Waals surface area contributed by atoms with Crippen LogP contribution in [0.5, 0.6) is 5.75 Å². The van der Waals surface area contributed by atoms with E-state index in [9.17, 15) is 4.79 Å². The molecule has 0 atom stereocenters. The molecule has 106 valence electrons. The van der Waals surface area contributed by atoms with Crippen LogP contribution in [0, 0.1) is 5.92 Å². The summed E-state index contributed by atoms with van der Waals surface area (Å²) in [6.07, 6.45) is 1.88. The van der Waals surface area contributed by atoms with Crippen LogP contribution in [0.25, 0.3) is 0 Å². The standard InChI is InChI=1S/C15H22ClNO2/c1-12(2)15(18)17(3)10-4-5-11-19-14-8-6-13(16)7-9-14/h6-9,12H,4-5,10-11H2,1-3H3. The Balaban J connectivity index is 2.14. The molecule has 0 saturated heterocycles. The van der Waals surface area contributed by atoms with Crippen molar-refractivity contribution in [3.8, 4) is 5.75 Å². The van der Waals surface area contributed by atoms with Gasteiger partial charge in [-0.3, -0.25) is 4.79 Å². The highest BCUT2D eigenvalue weighted by atomic mass is 35.5. The summed E-state index contributed by atoms with van der Waals surface area (Å²) >= 11 is 5.79. The highest BCUT2D eigenvalue weighted by Gasteiger charge is 2.11. The molecule has 0 saturated carbocycles. The van der Waals surface area contributed by atoms with E-state index >= 15 is 0 Å². The molecule has 0 aliphatic heterocycles. The van der Waals surface area contributed by atoms with Crippen LogP contribution in [0.3, 0.4) is 0 Å². The number of rotatable bonds is 7. The van der Waals surface area contributed by atoms with E-state index in [4.69, 9.17) is 16.3 Å². The van der Waals surface area contributed by atoms with Crippen molar-refractivity contribution < 1.29 is 9.53 Å². The van der Waals surface area contributed by atoms with Gasteiger partial charge >= 0.3 is 0 Å². The fourth-order valence-electron chi connectivity index (χ4n) is 1.72. The zero-order valence-corrected chi connectivity index (χ0v) is 12.6. The second kappa shape index (κ2) is 8.05. The molecule has 0 bridgehead atoms. The van der Waals surface area contributed by atoms with Gasteiger partial charge in [-0.25, -0.2) is 0 Å². The number of carbonyl (C=O) groups excluding carboxylic acids is 1. The summed E-state index contributed by atoms with van der Waals surface area (Å²) in [5.74, 6) is 1.09. The van der Waals surface area contributed by atoms with Gasteiger partial charge in [0.25, 0.3) is 0 Å². The van der Waals surface area contributed by atoms with Gasteiger partial charge < -0.3 is 9.64 Å². The maximum Gasteiger partial charge on any atom is 0.224 e. The predicted octanol–water partition coefficient (Wildman–Crippen LogP) is 3.61. The first-order chi connectivity index (χ1) is 9.00. The molecule has 0 N–H and O–H groups in total. The van der Waals surface area contributed by atoms with Crippen molar-refractivity contribution in [3.63, 3.8) is 0 Å². The number of carbonyl (C=O) groups is 1. The summed E-state index contributed by atoms with van der Waals surface area (Å²) in [6, 6.07) is 7.34. The summed E-state index contributed by atoms with van der Waals surface area (Å²) in [7, 11) is 1.85. The highest BCUT2D eigenvalue weighted by molar-refractivity contribution is 6.30. The largest absolute Gasteiger partial charge is 0.494 e. The molecule has 3 nitrogen and oxygen atoms in total. The van der Waals surface area contributed by atoms with Crippen molar-refractivity contribution in [2.45, 2.75) is 26.7 Å². The Morgan fingerprint density at radius 1 is 1.26 bits per heavy atom. The molecule has 0 unspecified atom stereocenters. The van der Waals surface area contributed by atoms with Crippen molar-refractivity contribution >= 4 is 17.5 Å². The fraction of sp³-hybridized carbons (Fsp3) is 0.533. The third kappa shape index (κ3) is 5.97. The molecule has 0 spiro atoms. The molecule has 1 amide bonds. The Morgan fingerprint density at radius 2 is 1.89 bits per heavy atom. The van der Waals surface area contributed by atoms with Gasteiger partial charge in [-0.2, -0.15) is 0 Å². The van der Waals surface area contributed by atoms with Gasteiger partial charge in [0.2, 0.25) is 5.91 Å². The van der Waals surface area contributed by atoms with E-state index in [1.165, 1.54) is 0 Å². The molecule has 0 fully saturated rings. The molecular formula is C15H22ClNO2. The van der Waals surface area contributed by atoms with Crippen molar-refractivity contribution in [1.29, 1.82) is 0 Å². The van der Waals surface area contributed by atoms with Gasteiger partial charge in [0.1, 0.15) is 5.75 Å². The maximum absolute atomic E-state index is 11.6. The molecule has 1 aromatic rings. The number of amides is 1. The minimum Gasteiger partial charge on any atom is -0.494 e. The van der Waals surface area contributed by atoms with E-state index in [0.717, 1.165) is 25.1 Å². The zero-order valence-electron chi connectivity index (χ0n) is 11.9. The summed E-state index contributed by atoms with van der Waals surface area (Å²) in [5.41, 5.74) is 0. The van der Waals surface area contributed by atoms with Gasteiger partial charge in [-0.1, -0.05) is 25.4 Å². The third-order valence-corrected chi connectivity index (χ3v) is 3.09. The van der Waals surface area contributed by atoms with E-state index < -0.39 is 0 Å². The summed E-state index contributed by atoms with van der Waals surface area (Å²) < 4.78 is 5.59. The van der Waals surface area contributed by atoms with Crippen LogP contribution in [-0.4, -0.2) is 31.0 Å². The quantitative estimate of drug-likeness (QED) is 0.716.